The highest BCUT2D eigenvalue weighted by Crippen LogP contribution is 1.96. The molecule has 1 rings (SSSR count). The Hall–Kier alpha value is 0.0969. The molecule has 1 saturated heterocycles. The molecule has 1 heterocycles. The molecule has 0 bridgehead atoms. The minimum Gasteiger partial charge on any atom is -0.402 e. The van der Waals surface area contributed by atoms with E-state index in [9.17, 15) is 0 Å². The van der Waals surface area contributed by atoms with Gasteiger partial charge in [-0.25, -0.2) is 0 Å². The van der Waals surface area contributed by atoms with Gasteiger partial charge in [-0.3, -0.25) is 0 Å². The number of rotatable bonds is 2. The van der Waals surface area contributed by atoms with Gasteiger partial charge in [0.25, 0.3) is 0 Å². The summed E-state index contributed by atoms with van der Waals surface area (Å²) >= 11 is 0. The second kappa shape index (κ2) is 10.1. The van der Waals surface area contributed by atoms with Crippen LogP contribution in [0.4, 0.5) is 0 Å². The van der Waals surface area contributed by atoms with Crippen molar-refractivity contribution in [3.8, 4) is 0 Å². The predicted molar refractivity (Wildman–Crippen MR) is 49.3 cm³/mol. The topological polar surface area (TPSA) is 30.5 Å². The molecule has 0 atom stereocenters. The van der Waals surface area contributed by atoms with Crippen LogP contribution in [0.3, 0.4) is 0 Å². The van der Waals surface area contributed by atoms with Crippen LogP contribution in [0, 0.1) is 0 Å². The van der Waals surface area contributed by atoms with Crippen LogP contribution >= 0.6 is 0 Å². The van der Waals surface area contributed by atoms with Crippen LogP contribution in [0.1, 0.15) is 19.3 Å². The number of nitrogens with one attached hydrogen (secondary N) is 1. The van der Waals surface area contributed by atoms with Crippen LogP contribution in [0.15, 0.2) is 0 Å². The average molecular weight is 177 g/mol. The second-order valence-corrected chi connectivity index (χ2v) is 3.90. The Labute approximate surface area is 71.5 Å². The van der Waals surface area contributed by atoms with Crippen LogP contribution in [-0.4, -0.2) is 37.3 Å². The van der Waals surface area contributed by atoms with E-state index in [1.165, 1.54) is 32.4 Å². The van der Waals surface area contributed by atoms with Crippen molar-refractivity contribution in [3.05, 3.63) is 0 Å². The van der Waals surface area contributed by atoms with Gasteiger partial charge in [-0.2, -0.15) is 0 Å². The maximum Gasteiger partial charge on any atom is 0.303 e. The lowest BCUT2D eigenvalue weighted by molar-refractivity contribution is 0.309. The molecule has 1 aliphatic rings. The normalized spacial score (nSPS) is 16.9. The van der Waals surface area contributed by atoms with Gasteiger partial charge in [-0.1, -0.05) is 6.42 Å². The molecule has 1 aliphatic heterocycles. The van der Waals surface area contributed by atoms with E-state index in [1.54, 1.807) is 14.2 Å². The molecule has 3 nitrogen and oxygen atoms in total. The molecule has 1 fully saturated rings. The van der Waals surface area contributed by atoms with Crippen molar-refractivity contribution in [3.63, 3.8) is 0 Å². The third kappa shape index (κ3) is 10.1. The third-order valence-corrected chi connectivity index (χ3v) is 1.91. The maximum absolute atomic E-state index is 4.61. The van der Waals surface area contributed by atoms with Crippen molar-refractivity contribution in [1.29, 1.82) is 0 Å². The van der Waals surface area contributed by atoms with Crippen molar-refractivity contribution in [1.82, 2.24) is 5.32 Å². The van der Waals surface area contributed by atoms with Gasteiger partial charge in [0.05, 0.1) is 0 Å². The van der Waals surface area contributed by atoms with E-state index in [4.69, 9.17) is 0 Å². The molecule has 0 aliphatic carbocycles. The van der Waals surface area contributed by atoms with Gasteiger partial charge in [0.15, 0.2) is 0 Å². The molecule has 0 aromatic heterocycles. The fraction of sp³-hybridized carbons (Fsp3) is 1.00. The average Bonchev–Trinajstić information content (AvgIpc) is 2.10. The van der Waals surface area contributed by atoms with Crippen LogP contribution in [0.5, 0.6) is 0 Å². The Morgan fingerprint density at radius 2 is 1.55 bits per heavy atom. The Morgan fingerprint density at radius 1 is 1.00 bits per heavy atom. The standard InChI is InChI=1S/C5H11N.C2H8O2Si/c1-2-4-6-5-3-1;1-3-5-4-2/h6H,1-5H2;5H2,1-2H3. The Balaban J connectivity index is 0.000000187. The Bertz CT molecular complexity index is 56.0. The van der Waals surface area contributed by atoms with E-state index in [1.807, 2.05) is 0 Å². The zero-order chi connectivity index (χ0) is 8.36. The van der Waals surface area contributed by atoms with E-state index >= 15 is 0 Å². The van der Waals surface area contributed by atoms with Crippen LogP contribution in [0.2, 0.25) is 0 Å². The van der Waals surface area contributed by atoms with E-state index in [-0.39, 0.29) is 0 Å². The molecule has 1 N–H and O–H groups in total. The summed E-state index contributed by atoms with van der Waals surface area (Å²) in [5.74, 6) is 0. The monoisotopic (exact) mass is 177 g/mol. The second-order valence-electron chi connectivity index (χ2n) is 2.51. The third-order valence-electron chi connectivity index (χ3n) is 1.44. The van der Waals surface area contributed by atoms with Gasteiger partial charge in [0.1, 0.15) is 0 Å². The molecule has 4 heteroatoms. The maximum atomic E-state index is 4.61. The van der Waals surface area contributed by atoms with Crippen LogP contribution in [-0.2, 0) is 8.85 Å². The zero-order valence-electron chi connectivity index (χ0n) is 7.56. The molecule has 0 saturated carbocycles. The Kier molecular flexibility index (Phi) is 10.2. The van der Waals surface area contributed by atoms with Crippen molar-refractivity contribution in [2.45, 2.75) is 19.3 Å². The highest BCUT2D eigenvalue weighted by atomic mass is 28.3. The minimum absolute atomic E-state index is 0.568. The Morgan fingerprint density at radius 3 is 1.64 bits per heavy atom. The van der Waals surface area contributed by atoms with E-state index in [2.05, 4.69) is 14.2 Å². The first-order valence-electron chi connectivity index (χ1n) is 4.10. The van der Waals surface area contributed by atoms with Gasteiger partial charge in [0.2, 0.25) is 0 Å². The highest BCUT2D eigenvalue weighted by Gasteiger charge is 1.93. The first kappa shape index (κ1) is 11.1. The lowest BCUT2D eigenvalue weighted by atomic mass is 10.2. The van der Waals surface area contributed by atoms with E-state index in [0.717, 1.165) is 0 Å². The van der Waals surface area contributed by atoms with Gasteiger partial charge < -0.3 is 14.2 Å². The number of hydrogen-bond donors (Lipinski definition) is 1. The lowest BCUT2D eigenvalue weighted by Gasteiger charge is -2.08. The molecular formula is C7H19NO2Si. The summed E-state index contributed by atoms with van der Waals surface area (Å²) in [6.45, 7) is 2.50. The highest BCUT2D eigenvalue weighted by molar-refractivity contribution is 6.17. The number of piperidine rings is 1. The molecule has 0 amide bonds. The zero-order valence-corrected chi connectivity index (χ0v) is 8.97. The quantitative estimate of drug-likeness (QED) is 0.604. The van der Waals surface area contributed by atoms with Gasteiger partial charge in [-0.05, 0) is 25.9 Å². The van der Waals surface area contributed by atoms with Gasteiger partial charge >= 0.3 is 10.0 Å². The first-order chi connectivity index (χ1) is 5.41. The van der Waals surface area contributed by atoms with Crippen molar-refractivity contribution >= 4 is 10.0 Å². The molecule has 68 valence electrons. The number of hydrogen-bond acceptors (Lipinski definition) is 3. The molecule has 11 heavy (non-hydrogen) atoms. The largest absolute Gasteiger partial charge is 0.402 e. The fourth-order valence-corrected chi connectivity index (χ4v) is 1.16. The minimum atomic E-state index is -0.568. The molecular weight excluding hydrogens is 158 g/mol. The van der Waals surface area contributed by atoms with E-state index in [0.29, 0.717) is 0 Å². The summed E-state index contributed by atoms with van der Waals surface area (Å²) < 4.78 is 9.22. The summed E-state index contributed by atoms with van der Waals surface area (Å²) in [6.07, 6.45) is 4.22. The summed E-state index contributed by atoms with van der Waals surface area (Å²) in [6, 6.07) is 0. The summed E-state index contributed by atoms with van der Waals surface area (Å²) in [4.78, 5) is 0. The SMILES string of the molecule is C1CCNCC1.CO[SiH2]OC. The van der Waals surface area contributed by atoms with Gasteiger partial charge in [0, 0.05) is 14.2 Å². The van der Waals surface area contributed by atoms with Crippen molar-refractivity contribution in [2.75, 3.05) is 27.3 Å². The molecule has 0 aromatic rings. The molecule has 0 spiro atoms. The first-order valence-corrected chi connectivity index (χ1v) is 5.26. The smallest absolute Gasteiger partial charge is 0.303 e. The van der Waals surface area contributed by atoms with Crippen LogP contribution < -0.4 is 5.32 Å². The molecule has 0 unspecified atom stereocenters. The fourth-order valence-electron chi connectivity index (χ4n) is 0.920. The van der Waals surface area contributed by atoms with E-state index < -0.39 is 10.0 Å². The summed E-state index contributed by atoms with van der Waals surface area (Å²) in [5, 5.41) is 3.28. The molecule has 0 radical (unpaired) electrons. The van der Waals surface area contributed by atoms with Crippen LogP contribution in [0.25, 0.3) is 0 Å². The summed E-state index contributed by atoms with van der Waals surface area (Å²) in [7, 11) is 2.73. The summed E-state index contributed by atoms with van der Waals surface area (Å²) in [5.41, 5.74) is 0. The van der Waals surface area contributed by atoms with Crippen molar-refractivity contribution < 1.29 is 8.85 Å². The lowest BCUT2D eigenvalue weighted by Crippen LogP contribution is -2.21. The molecule has 0 aromatic carbocycles. The van der Waals surface area contributed by atoms with Gasteiger partial charge in [-0.15, -0.1) is 0 Å². The predicted octanol–water partition coefficient (Wildman–Crippen LogP) is 0.0379. The van der Waals surface area contributed by atoms with Crippen molar-refractivity contribution in [2.24, 2.45) is 0 Å².